The van der Waals surface area contributed by atoms with Crippen LogP contribution in [0.3, 0.4) is 0 Å². The van der Waals surface area contributed by atoms with E-state index in [0.717, 1.165) is 0 Å². The van der Waals surface area contributed by atoms with Crippen LogP contribution in [0.15, 0.2) is 42.5 Å². The van der Waals surface area contributed by atoms with Crippen LogP contribution in [0.2, 0.25) is 0 Å². The van der Waals surface area contributed by atoms with Gasteiger partial charge in [-0.1, -0.05) is 74.7 Å². The predicted molar refractivity (Wildman–Crippen MR) is 104 cm³/mol. The molecule has 0 aliphatic heterocycles. The van der Waals surface area contributed by atoms with Gasteiger partial charge in [-0.15, -0.1) is 0 Å². The fraction of sp³-hybridized carbons (Fsp3) is 0.417. The van der Waals surface area contributed by atoms with Gasteiger partial charge in [0.05, 0.1) is 0 Å². The fourth-order valence-corrected chi connectivity index (χ4v) is 5.02. The summed E-state index contributed by atoms with van der Waals surface area (Å²) in [6, 6.07) is 11.7. The van der Waals surface area contributed by atoms with Gasteiger partial charge in [-0.05, 0) is 60.1 Å². The minimum absolute atomic E-state index is 0.235. The van der Waals surface area contributed by atoms with Gasteiger partial charge >= 0.3 is 0 Å². The highest BCUT2D eigenvalue weighted by Gasteiger charge is 2.40. The molecule has 0 heteroatoms. The molecule has 0 radical (unpaired) electrons. The van der Waals surface area contributed by atoms with Crippen LogP contribution in [0.1, 0.15) is 73.3 Å². The van der Waals surface area contributed by atoms with Crippen LogP contribution < -0.4 is 0 Å². The van der Waals surface area contributed by atoms with Crippen molar-refractivity contribution in [3.05, 3.63) is 70.3 Å². The quantitative estimate of drug-likeness (QED) is 0.543. The standard InChI is InChI=1S/C24H28/c1-5-7-13-24(6-2)14-12-20-21-15-16(3)8-10-18(21)19-11-9-17(4)23(24)22(19)20/h8-12,14-15,20H,5-7,13H2,1-4H3. The van der Waals surface area contributed by atoms with Gasteiger partial charge in [0.1, 0.15) is 0 Å². The number of rotatable bonds is 4. The Morgan fingerprint density at radius 2 is 1.79 bits per heavy atom. The summed E-state index contributed by atoms with van der Waals surface area (Å²) in [5.41, 5.74) is 10.8. The van der Waals surface area contributed by atoms with Gasteiger partial charge in [0.25, 0.3) is 0 Å². The number of hydrogen-bond acceptors (Lipinski definition) is 0. The normalized spacial score (nSPS) is 23.2. The van der Waals surface area contributed by atoms with Crippen LogP contribution in [-0.2, 0) is 5.41 Å². The zero-order valence-corrected chi connectivity index (χ0v) is 15.4. The lowest BCUT2D eigenvalue weighted by atomic mass is 9.65. The number of allylic oxidation sites excluding steroid dienone is 2. The molecule has 0 amide bonds. The third kappa shape index (κ3) is 2.05. The Bertz CT molecular complexity index is 824. The number of fused-ring (bicyclic) bond motifs is 3. The highest BCUT2D eigenvalue weighted by molar-refractivity contribution is 5.83. The summed E-state index contributed by atoms with van der Waals surface area (Å²) in [7, 11) is 0. The van der Waals surface area contributed by atoms with Crippen molar-refractivity contribution in [2.45, 2.75) is 64.7 Å². The summed E-state index contributed by atoms with van der Waals surface area (Å²) in [5, 5.41) is 0. The second-order valence-corrected chi connectivity index (χ2v) is 7.76. The van der Waals surface area contributed by atoms with Crippen molar-refractivity contribution in [3.8, 4) is 11.1 Å². The highest BCUT2D eigenvalue weighted by Crippen LogP contribution is 2.55. The molecule has 2 aliphatic carbocycles. The van der Waals surface area contributed by atoms with E-state index in [2.05, 4.69) is 70.2 Å². The molecule has 0 N–H and O–H groups in total. The summed E-state index contributed by atoms with van der Waals surface area (Å²) < 4.78 is 0. The Labute approximate surface area is 146 Å². The lowest BCUT2D eigenvalue weighted by molar-refractivity contribution is 0.441. The van der Waals surface area contributed by atoms with Crippen molar-refractivity contribution in [1.82, 2.24) is 0 Å². The van der Waals surface area contributed by atoms with E-state index in [9.17, 15) is 0 Å². The summed E-state index contributed by atoms with van der Waals surface area (Å²) in [4.78, 5) is 0. The lowest BCUT2D eigenvalue weighted by Gasteiger charge is -2.38. The van der Waals surface area contributed by atoms with Crippen molar-refractivity contribution in [2.24, 2.45) is 0 Å². The molecule has 0 aromatic heterocycles. The summed E-state index contributed by atoms with van der Waals surface area (Å²) in [6.07, 6.45) is 10.1. The highest BCUT2D eigenvalue weighted by atomic mass is 14.4. The molecule has 2 aromatic carbocycles. The van der Waals surface area contributed by atoms with Gasteiger partial charge < -0.3 is 0 Å². The van der Waals surface area contributed by atoms with Gasteiger partial charge in [0.2, 0.25) is 0 Å². The minimum atomic E-state index is 0.235. The van der Waals surface area contributed by atoms with Crippen LogP contribution in [0, 0.1) is 13.8 Å². The Balaban J connectivity index is 1.98. The maximum atomic E-state index is 2.56. The monoisotopic (exact) mass is 316 g/mol. The van der Waals surface area contributed by atoms with E-state index in [0.29, 0.717) is 5.92 Å². The number of unbranched alkanes of at least 4 members (excludes halogenated alkanes) is 1. The molecular weight excluding hydrogens is 288 g/mol. The first-order valence-corrected chi connectivity index (χ1v) is 9.55. The zero-order valence-electron chi connectivity index (χ0n) is 15.4. The molecule has 0 nitrogen and oxygen atoms in total. The van der Waals surface area contributed by atoms with E-state index in [1.807, 2.05) is 0 Å². The third-order valence-corrected chi connectivity index (χ3v) is 6.31. The van der Waals surface area contributed by atoms with Crippen molar-refractivity contribution in [3.63, 3.8) is 0 Å². The molecule has 0 saturated carbocycles. The molecule has 0 spiro atoms. The van der Waals surface area contributed by atoms with E-state index in [-0.39, 0.29) is 5.41 Å². The average Bonchev–Trinajstić information content (AvgIpc) is 2.90. The van der Waals surface area contributed by atoms with Crippen LogP contribution >= 0.6 is 0 Å². The van der Waals surface area contributed by atoms with Crippen LogP contribution in [0.4, 0.5) is 0 Å². The molecule has 2 atom stereocenters. The molecule has 0 heterocycles. The molecule has 0 bridgehead atoms. The number of benzene rings is 2. The number of hydrogen-bond donors (Lipinski definition) is 0. The largest absolute Gasteiger partial charge is 0.0770 e. The minimum Gasteiger partial charge on any atom is -0.0770 e. The molecule has 0 saturated heterocycles. The van der Waals surface area contributed by atoms with E-state index in [4.69, 9.17) is 0 Å². The molecule has 2 unspecified atom stereocenters. The maximum absolute atomic E-state index is 2.56. The second kappa shape index (κ2) is 5.62. The third-order valence-electron chi connectivity index (χ3n) is 6.31. The molecular formula is C24H28. The molecule has 2 aromatic rings. The zero-order chi connectivity index (χ0) is 16.9. The van der Waals surface area contributed by atoms with E-state index >= 15 is 0 Å². The smallest absolute Gasteiger partial charge is 0.0285 e. The molecule has 0 fully saturated rings. The SMILES string of the molecule is CCCCC1(CC)C=CC2c3cc(C)ccc3-c3ccc(C)c1c32. The van der Waals surface area contributed by atoms with Gasteiger partial charge in [-0.25, -0.2) is 0 Å². The molecule has 24 heavy (non-hydrogen) atoms. The van der Waals surface area contributed by atoms with Crippen molar-refractivity contribution >= 4 is 0 Å². The first-order valence-electron chi connectivity index (χ1n) is 9.55. The Hall–Kier alpha value is -1.82. The fourth-order valence-electron chi connectivity index (χ4n) is 5.02. The van der Waals surface area contributed by atoms with Crippen molar-refractivity contribution in [2.75, 3.05) is 0 Å². The van der Waals surface area contributed by atoms with Gasteiger partial charge in [-0.2, -0.15) is 0 Å². The molecule has 2 aliphatic rings. The van der Waals surface area contributed by atoms with E-state index < -0.39 is 0 Å². The first-order chi connectivity index (χ1) is 11.6. The van der Waals surface area contributed by atoms with Crippen LogP contribution in [-0.4, -0.2) is 0 Å². The molecule has 124 valence electrons. The second-order valence-electron chi connectivity index (χ2n) is 7.76. The Morgan fingerprint density at radius 3 is 2.54 bits per heavy atom. The van der Waals surface area contributed by atoms with Crippen LogP contribution in [0.25, 0.3) is 11.1 Å². The van der Waals surface area contributed by atoms with Crippen molar-refractivity contribution < 1.29 is 0 Å². The Morgan fingerprint density at radius 1 is 1.00 bits per heavy atom. The molecule has 4 rings (SSSR count). The Kier molecular flexibility index (Phi) is 3.67. The first kappa shape index (κ1) is 15.7. The summed E-state index contributed by atoms with van der Waals surface area (Å²) in [6.45, 7) is 9.20. The maximum Gasteiger partial charge on any atom is 0.0285 e. The van der Waals surface area contributed by atoms with Crippen molar-refractivity contribution in [1.29, 1.82) is 0 Å². The van der Waals surface area contributed by atoms with E-state index in [1.54, 1.807) is 11.1 Å². The van der Waals surface area contributed by atoms with E-state index in [1.165, 1.54) is 53.5 Å². The predicted octanol–water partition coefficient (Wildman–Crippen LogP) is 6.82. The van der Waals surface area contributed by atoms with Crippen LogP contribution in [0.5, 0.6) is 0 Å². The summed E-state index contributed by atoms with van der Waals surface area (Å²) >= 11 is 0. The topological polar surface area (TPSA) is 0 Å². The van der Waals surface area contributed by atoms with Gasteiger partial charge in [-0.3, -0.25) is 0 Å². The number of aryl methyl sites for hydroxylation is 2. The van der Waals surface area contributed by atoms with Gasteiger partial charge in [0, 0.05) is 11.3 Å². The average molecular weight is 316 g/mol. The lowest BCUT2D eigenvalue weighted by Crippen LogP contribution is -2.29. The van der Waals surface area contributed by atoms with Gasteiger partial charge in [0.15, 0.2) is 0 Å². The summed E-state index contributed by atoms with van der Waals surface area (Å²) in [5.74, 6) is 0.464.